The van der Waals surface area contributed by atoms with Crippen molar-refractivity contribution < 1.29 is 22.7 Å². The first kappa shape index (κ1) is 22.0. The Morgan fingerprint density at radius 3 is 2.50 bits per heavy atom. The molecule has 8 heteroatoms. The number of thioether (sulfide) groups is 1. The smallest absolute Gasteiger partial charge is 0.338 e. The second-order valence-corrected chi connectivity index (χ2v) is 9.33. The molecule has 0 fully saturated rings. The summed E-state index contributed by atoms with van der Waals surface area (Å²) < 4.78 is 28.3. The summed E-state index contributed by atoms with van der Waals surface area (Å²) in [7, 11) is -3.43. The monoisotopic (exact) mass is 421 g/mol. The summed E-state index contributed by atoms with van der Waals surface area (Å²) in [6.45, 7) is 1.73. The summed E-state index contributed by atoms with van der Waals surface area (Å²) in [6, 6.07) is 14.3. The predicted molar refractivity (Wildman–Crippen MR) is 110 cm³/mol. The number of amides is 1. The SMILES string of the molecule is Cc1ccc(S(C)(=O)=O)cc1C(=O)OCC(=O)NCCSCc1ccccc1. The third kappa shape index (κ3) is 7.01. The minimum absolute atomic E-state index is 0.0324. The molecule has 6 nitrogen and oxygen atoms in total. The van der Waals surface area contributed by atoms with Gasteiger partial charge in [0, 0.05) is 24.3 Å². The van der Waals surface area contributed by atoms with Crippen molar-refractivity contribution >= 4 is 33.5 Å². The molecule has 2 aromatic rings. The first-order valence-corrected chi connectivity index (χ1v) is 11.7. The summed E-state index contributed by atoms with van der Waals surface area (Å²) in [5.74, 6) is 0.480. The van der Waals surface area contributed by atoms with E-state index in [0.717, 1.165) is 17.8 Å². The topological polar surface area (TPSA) is 89.5 Å². The molecule has 0 unspecified atom stereocenters. The fourth-order valence-electron chi connectivity index (χ4n) is 2.34. The quantitative estimate of drug-likeness (QED) is 0.495. The van der Waals surface area contributed by atoms with Gasteiger partial charge in [-0.25, -0.2) is 13.2 Å². The van der Waals surface area contributed by atoms with Gasteiger partial charge in [0.1, 0.15) is 0 Å². The first-order valence-electron chi connectivity index (χ1n) is 8.63. The van der Waals surface area contributed by atoms with Crippen LogP contribution in [0.25, 0.3) is 0 Å². The Kier molecular flexibility index (Phi) is 8.07. The molecule has 0 aliphatic rings. The van der Waals surface area contributed by atoms with Gasteiger partial charge in [-0.3, -0.25) is 4.79 Å². The van der Waals surface area contributed by atoms with E-state index in [1.807, 2.05) is 30.3 Å². The zero-order chi connectivity index (χ0) is 20.6. The summed E-state index contributed by atoms with van der Waals surface area (Å²) in [5, 5.41) is 2.69. The van der Waals surface area contributed by atoms with E-state index < -0.39 is 28.3 Å². The molecule has 0 aliphatic carbocycles. The van der Waals surface area contributed by atoms with Gasteiger partial charge < -0.3 is 10.1 Å². The lowest BCUT2D eigenvalue weighted by molar-refractivity contribution is -0.124. The van der Waals surface area contributed by atoms with Gasteiger partial charge in [-0.05, 0) is 30.2 Å². The van der Waals surface area contributed by atoms with E-state index >= 15 is 0 Å². The second-order valence-electron chi connectivity index (χ2n) is 6.21. The largest absolute Gasteiger partial charge is 0.452 e. The Hall–Kier alpha value is -2.32. The lowest BCUT2D eigenvalue weighted by Crippen LogP contribution is -2.30. The van der Waals surface area contributed by atoms with Crippen molar-refractivity contribution in [2.45, 2.75) is 17.6 Å². The minimum Gasteiger partial charge on any atom is -0.452 e. The maximum atomic E-state index is 12.2. The first-order chi connectivity index (χ1) is 13.3. The number of hydrogen-bond acceptors (Lipinski definition) is 6. The summed E-state index contributed by atoms with van der Waals surface area (Å²) in [4.78, 5) is 24.0. The van der Waals surface area contributed by atoms with Crippen molar-refractivity contribution in [3.05, 3.63) is 65.2 Å². The molecular weight excluding hydrogens is 398 g/mol. The van der Waals surface area contributed by atoms with Gasteiger partial charge in [-0.15, -0.1) is 0 Å². The van der Waals surface area contributed by atoms with Gasteiger partial charge in [0.25, 0.3) is 5.91 Å². The number of nitrogens with one attached hydrogen (secondary N) is 1. The van der Waals surface area contributed by atoms with Crippen molar-refractivity contribution in [2.24, 2.45) is 0 Å². The van der Waals surface area contributed by atoms with Crippen LogP contribution in [0.1, 0.15) is 21.5 Å². The average molecular weight is 422 g/mol. The zero-order valence-electron chi connectivity index (χ0n) is 15.8. The Labute approximate surface area is 169 Å². The molecule has 0 bridgehead atoms. The van der Waals surface area contributed by atoms with E-state index in [1.165, 1.54) is 23.8 Å². The molecule has 0 radical (unpaired) electrons. The molecule has 0 spiro atoms. The number of rotatable bonds is 9. The van der Waals surface area contributed by atoms with Crippen LogP contribution in [0.2, 0.25) is 0 Å². The van der Waals surface area contributed by atoms with E-state index in [0.29, 0.717) is 12.1 Å². The molecule has 2 aromatic carbocycles. The third-order valence-electron chi connectivity index (χ3n) is 3.87. The Balaban J connectivity index is 1.74. The van der Waals surface area contributed by atoms with Crippen LogP contribution in [0.4, 0.5) is 0 Å². The number of sulfone groups is 1. The Morgan fingerprint density at radius 1 is 1.11 bits per heavy atom. The molecule has 1 N–H and O–H groups in total. The van der Waals surface area contributed by atoms with Gasteiger partial charge in [0.2, 0.25) is 0 Å². The highest BCUT2D eigenvalue weighted by Crippen LogP contribution is 2.16. The van der Waals surface area contributed by atoms with Crippen LogP contribution < -0.4 is 5.32 Å². The number of ether oxygens (including phenoxy) is 1. The van der Waals surface area contributed by atoms with E-state index in [4.69, 9.17) is 4.74 Å². The normalized spacial score (nSPS) is 11.1. The second kappa shape index (κ2) is 10.3. The predicted octanol–water partition coefficient (Wildman–Crippen LogP) is 2.60. The molecule has 2 rings (SSSR count). The van der Waals surface area contributed by atoms with Crippen LogP contribution >= 0.6 is 11.8 Å². The molecule has 0 saturated carbocycles. The van der Waals surface area contributed by atoms with Gasteiger partial charge in [-0.1, -0.05) is 36.4 Å². The van der Waals surface area contributed by atoms with Crippen LogP contribution in [0, 0.1) is 6.92 Å². The number of carbonyl (C=O) groups is 2. The van der Waals surface area contributed by atoms with Crippen LogP contribution in [0.15, 0.2) is 53.4 Å². The molecule has 0 heterocycles. The highest BCUT2D eigenvalue weighted by atomic mass is 32.2. The summed E-state index contributed by atoms with van der Waals surface area (Å²) >= 11 is 1.70. The fraction of sp³-hybridized carbons (Fsp3) is 0.300. The number of carbonyl (C=O) groups excluding carboxylic acids is 2. The molecule has 150 valence electrons. The minimum atomic E-state index is -3.43. The maximum absolute atomic E-state index is 12.2. The van der Waals surface area contributed by atoms with Crippen LogP contribution in [0.5, 0.6) is 0 Å². The number of hydrogen-bond donors (Lipinski definition) is 1. The fourth-order valence-corrected chi connectivity index (χ4v) is 3.80. The highest BCUT2D eigenvalue weighted by Gasteiger charge is 2.16. The van der Waals surface area contributed by atoms with Crippen LogP contribution in [-0.4, -0.2) is 45.5 Å². The molecule has 1 amide bonds. The van der Waals surface area contributed by atoms with Crippen molar-refractivity contribution in [3.8, 4) is 0 Å². The Bertz CT molecular complexity index is 927. The number of esters is 1. The molecule has 28 heavy (non-hydrogen) atoms. The number of aryl methyl sites for hydroxylation is 1. The van der Waals surface area contributed by atoms with Gasteiger partial charge in [0.05, 0.1) is 10.5 Å². The standard InChI is InChI=1S/C20H23NO5S2/c1-15-8-9-17(28(2,24)25)12-18(15)20(23)26-13-19(22)21-10-11-27-14-16-6-4-3-5-7-16/h3-9,12H,10-11,13-14H2,1-2H3,(H,21,22). The summed E-state index contributed by atoms with van der Waals surface area (Å²) in [5.41, 5.74) is 1.93. The highest BCUT2D eigenvalue weighted by molar-refractivity contribution is 7.98. The molecule has 0 saturated heterocycles. The van der Waals surface area contributed by atoms with E-state index in [2.05, 4.69) is 5.32 Å². The van der Waals surface area contributed by atoms with Gasteiger partial charge >= 0.3 is 5.97 Å². The van der Waals surface area contributed by atoms with E-state index in [1.54, 1.807) is 18.7 Å². The third-order valence-corrected chi connectivity index (χ3v) is 6.01. The average Bonchev–Trinajstić information content (AvgIpc) is 2.66. The van der Waals surface area contributed by atoms with E-state index in [9.17, 15) is 18.0 Å². The molecule has 0 aromatic heterocycles. The zero-order valence-corrected chi connectivity index (χ0v) is 17.4. The van der Waals surface area contributed by atoms with Crippen molar-refractivity contribution in [1.29, 1.82) is 0 Å². The van der Waals surface area contributed by atoms with Gasteiger partial charge in [-0.2, -0.15) is 11.8 Å². The molecule has 0 atom stereocenters. The molecular formula is C20H23NO5S2. The van der Waals surface area contributed by atoms with Crippen molar-refractivity contribution in [2.75, 3.05) is 25.2 Å². The van der Waals surface area contributed by atoms with Crippen molar-refractivity contribution in [1.82, 2.24) is 5.32 Å². The van der Waals surface area contributed by atoms with E-state index in [-0.39, 0.29) is 10.5 Å². The molecule has 0 aliphatic heterocycles. The lowest BCUT2D eigenvalue weighted by Gasteiger charge is -2.09. The Morgan fingerprint density at radius 2 is 1.82 bits per heavy atom. The summed E-state index contributed by atoms with van der Waals surface area (Å²) in [6.07, 6.45) is 1.07. The van der Waals surface area contributed by atoms with Crippen molar-refractivity contribution in [3.63, 3.8) is 0 Å². The lowest BCUT2D eigenvalue weighted by atomic mass is 10.1. The van der Waals surface area contributed by atoms with Gasteiger partial charge in [0.15, 0.2) is 16.4 Å². The maximum Gasteiger partial charge on any atom is 0.338 e. The van der Waals surface area contributed by atoms with Crippen LogP contribution in [-0.2, 0) is 25.1 Å². The van der Waals surface area contributed by atoms with Crippen LogP contribution in [0.3, 0.4) is 0 Å². The number of benzene rings is 2.